The number of amides is 1. The van der Waals surface area contributed by atoms with Gasteiger partial charge in [0.1, 0.15) is 0 Å². The van der Waals surface area contributed by atoms with Crippen LogP contribution in [0.3, 0.4) is 0 Å². The van der Waals surface area contributed by atoms with Gasteiger partial charge >= 0.3 is 0 Å². The SMILES string of the molecule is C[C@@H]1CCC[C@H](C)N1C(=O)CSc1nnc(-c2c[nH]c3ccccc23)n1C[C@@H]1CCCO1. The first kappa shape index (κ1) is 21.5. The number of nitrogens with zero attached hydrogens (tertiary/aromatic N) is 4. The van der Waals surface area contributed by atoms with Gasteiger partial charge in [-0.25, -0.2) is 0 Å². The molecule has 0 aliphatic carbocycles. The Morgan fingerprint density at radius 3 is 2.75 bits per heavy atom. The number of benzene rings is 1. The van der Waals surface area contributed by atoms with Gasteiger partial charge in [0.15, 0.2) is 11.0 Å². The highest BCUT2D eigenvalue weighted by molar-refractivity contribution is 7.99. The summed E-state index contributed by atoms with van der Waals surface area (Å²) >= 11 is 1.49. The van der Waals surface area contributed by atoms with E-state index >= 15 is 0 Å². The van der Waals surface area contributed by atoms with Crippen molar-refractivity contribution < 1.29 is 9.53 Å². The van der Waals surface area contributed by atoms with Crippen molar-refractivity contribution in [3.63, 3.8) is 0 Å². The van der Waals surface area contributed by atoms with Crippen molar-refractivity contribution in [3.05, 3.63) is 30.5 Å². The Morgan fingerprint density at radius 2 is 1.97 bits per heavy atom. The minimum Gasteiger partial charge on any atom is -0.376 e. The summed E-state index contributed by atoms with van der Waals surface area (Å²) in [6, 6.07) is 8.83. The van der Waals surface area contributed by atoms with Crippen molar-refractivity contribution in [1.29, 1.82) is 0 Å². The number of thioether (sulfide) groups is 1. The predicted octanol–water partition coefficient (Wildman–Crippen LogP) is 4.49. The zero-order chi connectivity index (χ0) is 22.1. The maximum atomic E-state index is 13.1. The zero-order valence-corrected chi connectivity index (χ0v) is 19.6. The molecule has 3 atom stereocenters. The van der Waals surface area contributed by atoms with Crippen molar-refractivity contribution in [2.75, 3.05) is 12.4 Å². The molecule has 0 saturated carbocycles. The molecule has 2 fully saturated rings. The Hall–Kier alpha value is -2.32. The molecule has 1 N–H and O–H groups in total. The first-order valence-electron chi connectivity index (χ1n) is 11.7. The number of carbonyl (C=O) groups excluding carboxylic acids is 1. The van der Waals surface area contributed by atoms with Gasteiger partial charge in [0, 0.05) is 41.4 Å². The topological polar surface area (TPSA) is 76.0 Å². The summed E-state index contributed by atoms with van der Waals surface area (Å²) in [6.07, 6.45) is 7.65. The molecule has 2 saturated heterocycles. The summed E-state index contributed by atoms with van der Waals surface area (Å²) < 4.78 is 8.07. The van der Waals surface area contributed by atoms with E-state index in [2.05, 4.69) is 50.6 Å². The van der Waals surface area contributed by atoms with Crippen LogP contribution in [0.1, 0.15) is 46.0 Å². The Morgan fingerprint density at radius 1 is 1.16 bits per heavy atom. The number of piperidine rings is 1. The summed E-state index contributed by atoms with van der Waals surface area (Å²) in [6.45, 7) is 5.83. The van der Waals surface area contributed by atoms with Crippen LogP contribution in [0, 0.1) is 0 Å². The number of carbonyl (C=O) groups is 1. The zero-order valence-electron chi connectivity index (χ0n) is 18.8. The number of aromatic nitrogens is 4. The van der Waals surface area contributed by atoms with Crippen molar-refractivity contribution in [2.24, 2.45) is 0 Å². The Kier molecular flexibility index (Phi) is 6.24. The molecule has 0 bridgehead atoms. The molecule has 32 heavy (non-hydrogen) atoms. The lowest BCUT2D eigenvalue weighted by molar-refractivity contribution is -0.134. The number of fused-ring (bicyclic) bond motifs is 1. The highest BCUT2D eigenvalue weighted by atomic mass is 32.2. The molecular weight excluding hydrogens is 422 g/mol. The minimum absolute atomic E-state index is 0.159. The van der Waals surface area contributed by atoms with Crippen LogP contribution >= 0.6 is 11.8 Å². The smallest absolute Gasteiger partial charge is 0.233 e. The summed E-state index contributed by atoms with van der Waals surface area (Å²) in [5.41, 5.74) is 2.11. The Balaban J connectivity index is 1.41. The number of rotatable bonds is 6. The molecule has 2 aromatic heterocycles. The fraction of sp³-hybridized carbons (Fsp3) is 0.542. The first-order chi connectivity index (χ1) is 15.6. The van der Waals surface area contributed by atoms with Gasteiger partial charge in [-0.05, 0) is 52.0 Å². The molecule has 0 spiro atoms. The van der Waals surface area contributed by atoms with Crippen LogP contribution in [0.5, 0.6) is 0 Å². The molecule has 2 aliphatic rings. The van der Waals surface area contributed by atoms with Crippen LogP contribution in [0.15, 0.2) is 35.6 Å². The average Bonchev–Trinajstić information content (AvgIpc) is 3.53. The van der Waals surface area contributed by atoms with Crippen LogP contribution in [-0.4, -0.2) is 61.1 Å². The van der Waals surface area contributed by atoms with Gasteiger partial charge in [-0.1, -0.05) is 30.0 Å². The normalized spacial score (nSPS) is 23.8. The molecule has 3 aromatic rings. The van der Waals surface area contributed by atoms with Crippen LogP contribution in [0.4, 0.5) is 0 Å². The number of nitrogens with one attached hydrogen (secondary N) is 1. The number of likely N-dealkylation sites (tertiary alicyclic amines) is 1. The van der Waals surface area contributed by atoms with Crippen molar-refractivity contribution in [2.45, 2.75) is 75.8 Å². The monoisotopic (exact) mass is 453 g/mol. The van der Waals surface area contributed by atoms with E-state index < -0.39 is 0 Å². The average molecular weight is 454 g/mol. The van der Waals surface area contributed by atoms with Gasteiger partial charge in [-0.3, -0.25) is 9.36 Å². The Labute approximate surface area is 192 Å². The largest absolute Gasteiger partial charge is 0.376 e. The van der Waals surface area contributed by atoms with Crippen LogP contribution in [0.2, 0.25) is 0 Å². The maximum Gasteiger partial charge on any atom is 0.233 e. The van der Waals surface area contributed by atoms with Crippen LogP contribution in [0.25, 0.3) is 22.3 Å². The number of H-pyrrole nitrogens is 1. The quantitative estimate of drug-likeness (QED) is 0.557. The number of aromatic amines is 1. The first-order valence-corrected chi connectivity index (χ1v) is 12.7. The van der Waals surface area contributed by atoms with E-state index in [1.54, 1.807) is 0 Å². The third-order valence-electron chi connectivity index (χ3n) is 6.76. The van der Waals surface area contributed by atoms with E-state index in [-0.39, 0.29) is 12.0 Å². The Bertz CT molecular complexity index is 1080. The van der Waals surface area contributed by atoms with E-state index in [0.29, 0.717) is 24.4 Å². The number of hydrogen-bond acceptors (Lipinski definition) is 5. The van der Waals surface area contributed by atoms with E-state index in [1.165, 1.54) is 18.2 Å². The van der Waals surface area contributed by atoms with Gasteiger partial charge in [0.2, 0.25) is 5.91 Å². The molecule has 170 valence electrons. The number of ether oxygens (including phenoxy) is 1. The second kappa shape index (κ2) is 9.27. The van der Waals surface area contributed by atoms with Crippen LogP contribution < -0.4 is 0 Å². The second-order valence-corrected chi connectivity index (χ2v) is 9.96. The van der Waals surface area contributed by atoms with Crippen LogP contribution in [-0.2, 0) is 16.1 Å². The van der Waals surface area contributed by atoms with Gasteiger partial charge in [-0.15, -0.1) is 10.2 Å². The highest BCUT2D eigenvalue weighted by Crippen LogP contribution is 2.32. The molecule has 1 aromatic carbocycles. The molecular formula is C24H31N5O2S. The van der Waals surface area contributed by atoms with E-state index in [1.807, 2.05) is 18.3 Å². The standard InChI is InChI=1S/C24H31N5O2S/c1-16-7-5-8-17(2)29(16)22(30)15-32-24-27-26-23(28(24)14-18-9-6-12-31-18)20-13-25-21-11-4-3-10-19(20)21/h3-4,10-11,13,16-18,25H,5-9,12,14-15H2,1-2H3/t16-,17+,18-/m0/s1. The minimum atomic E-state index is 0.159. The lowest BCUT2D eigenvalue weighted by Gasteiger charge is -2.39. The summed E-state index contributed by atoms with van der Waals surface area (Å²) in [4.78, 5) is 18.5. The maximum absolute atomic E-state index is 13.1. The fourth-order valence-electron chi connectivity index (χ4n) is 5.12. The van der Waals surface area contributed by atoms with E-state index in [9.17, 15) is 4.79 Å². The highest BCUT2D eigenvalue weighted by Gasteiger charge is 2.30. The predicted molar refractivity (Wildman–Crippen MR) is 127 cm³/mol. The number of para-hydroxylation sites is 1. The summed E-state index contributed by atoms with van der Waals surface area (Å²) in [5, 5.41) is 11.0. The molecule has 7 nitrogen and oxygen atoms in total. The van der Waals surface area contributed by atoms with Gasteiger partial charge in [-0.2, -0.15) is 0 Å². The molecule has 1 amide bonds. The van der Waals surface area contributed by atoms with Crippen molar-refractivity contribution >= 4 is 28.6 Å². The third-order valence-corrected chi connectivity index (χ3v) is 7.71. The lowest BCUT2D eigenvalue weighted by atomic mass is 9.98. The number of hydrogen-bond donors (Lipinski definition) is 1. The molecule has 0 unspecified atom stereocenters. The third kappa shape index (κ3) is 4.18. The summed E-state index contributed by atoms with van der Waals surface area (Å²) in [5.74, 6) is 1.40. The molecule has 5 rings (SSSR count). The van der Waals surface area contributed by atoms with E-state index in [4.69, 9.17) is 4.74 Å². The molecule has 4 heterocycles. The second-order valence-electron chi connectivity index (χ2n) is 9.02. The molecule has 2 aliphatic heterocycles. The van der Waals surface area contributed by atoms with Gasteiger partial charge < -0.3 is 14.6 Å². The molecule has 0 radical (unpaired) electrons. The van der Waals surface area contributed by atoms with Gasteiger partial charge in [0.25, 0.3) is 0 Å². The molecule has 8 heteroatoms. The van der Waals surface area contributed by atoms with Gasteiger partial charge in [0.05, 0.1) is 18.4 Å². The lowest BCUT2D eigenvalue weighted by Crippen LogP contribution is -2.48. The van der Waals surface area contributed by atoms with Crippen molar-refractivity contribution in [3.8, 4) is 11.4 Å². The summed E-state index contributed by atoms with van der Waals surface area (Å²) in [7, 11) is 0. The van der Waals surface area contributed by atoms with E-state index in [0.717, 1.165) is 59.7 Å². The fourth-order valence-corrected chi connectivity index (χ4v) is 5.94. The van der Waals surface area contributed by atoms with Crippen molar-refractivity contribution in [1.82, 2.24) is 24.6 Å².